The number of primary amides is 1. The van der Waals surface area contributed by atoms with Crippen LogP contribution in [-0.2, 0) is 20.8 Å². The standard InChI is InChI=1S/C27H38N4O4/c1-16(2)12-22(25(29)33)30-27(35)23(13-17(3)4)31-26(34)21(28)15-18-10-11-24(32)20(14-18)19-8-6-5-7-9-19/h5-11,14,16-17,21-23,32H,12-13,15,28H2,1-4H3,(H2,29,33)(H,30,35)(H,31,34)/t21-,22-,23-/m0/s1. The molecule has 0 aliphatic carbocycles. The molecule has 3 atom stereocenters. The Bertz CT molecular complexity index is 1010. The van der Waals surface area contributed by atoms with Crippen LogP contribution in [0.25, 0.3) is 11.1 Å². The van der Waals surface area contributed by atoms with Crippen molar-refractivity contribution >= 4 is 17.7 Å². The van der Waals surface area contributed by atoms with E-state index in [1.54, 1.807) is 18.2 Å². The maximum Gasteiger partial charge on any atom is 0.243 e. The average molecular weight is 483 g/mol. The van der Waals surface area contributed by atoms with Crippen molar-refractivity contribution in [3.63, 3.8) is 0 Å². The molecule has 0 bridgehead atoms. The molecule has 0 spiro atoms. The van der Waals surface area contributed by atoms with Gasteiger partial charge in [0.05, 0.1) is 6.04 Å². The summed E-state index contributed by atoms with van der Waals surface area (Å²) in [5.74, 6) is -1.13. The molecule has 0 radical (unpaired) electrons. The van der Waals surface area contributed by atoms with Crippen LogP contribution in [0.4, 0.5) is 0 Å². The second-order valence-electron chi connectivity index (χ2n) is 9.81. The van der Waals surface area contributed by atoms with Crippen LogP contribution in [0.2, 0.25) is 0 Å². The largest absolute Gasteiger partial charge is 0.507 e. The van der Waals surface area contributed by atoms with Gasteiger partial charge in [-0.05, 0) is 54.4 Å². The zero-order valence-corrected chi connectivity index (χ0v) is 21.0. The van der Waals surface area contributed by atoms with Gasteiger partial charge < -0.3 is 27.2 Å². The summed E-state index contributed by atoms with van der Waals surface area (Å²) >= 11 is 0. The highest BCUT2D eigenvalue weighted by Crippen LogP contribution is 2.30. The van der Waals surface area contributed by atoms with Crippen molar-refractivity contribution in [1.82, 2.24) is 10.6 Å². The first-order chi connectivity index (χ1) is 16.5. The van der Waals surface area contributed by atoms with Gasteiger partial charge in [-0.25, -0.2) is 0 Å². The highest BCUT2D eigenvalue weighted by atomic mass is 16.3. The molecule has 2 rings (SSSR count). The molecule has 0 aromatic heterocycles. The summed E-state index contributed by atoms with van der Waals surface area (Å²) in [6.07, 6.45) is 1.02. The molecule has 0 unspecified atom stereocenters. The van der Waals surface area contributed by atoms with E-state index in [1.807, 2.05) is 58.0 Å². The molecular weight excluding hydrogens is 444 g/mol. The number of amides is 3. The Kier molecular flexibility index (Phi) is 10.3. The number of hydrogen-bond donors (Lipinski definition) is 5. The van der Waals surface area contributed by atoms with Crippen molar-refractivity contribution in [3.05, 3.63) is 54.1 Å². The summed E-state index contributed by atoms with van der Waals surface area (Å²) in [6.45, 7) is 7.74. The summed E-state index contributed by atoms with van der Waals surface area (Å²) in [5.41, 5.74) is 13.9. The fourth-order valence-corrected chi connectivity index (χ4v) is 3.88. The van der Waals surface area contributed by atoms with Gasteiger partial charge in [-0.1, -0.05) is 64.1 Å². The van der Waals surface area contributed by atoms with E-state index in [2.05, 4.69) is 10.6 Å². The van der Waals surface area contributed by atoms with Crippen LogP contribution in [-0.4, -0.2) is 41.0 Å². The monoisotopic (exact) mass is 482 g/mol. The minimum absolute atomic E-state index is 0.116. The van der Waals surface area contributed by atoms with E-state index in [0.717, 1.165) is 11.1 Å². The van der Waals surface area contributed by atoms with E-state index in [-0.39, 0.29) is 24.0 Å². The minimum Gasteiger partial charge on any atom is -0.507 e. The molecule has 0 saturated carbocycles. The number of carbonyl (C=O) groups excluding carboxylic acids is 3. The molecule has 190 valence electrons. The van der Waals surface area contributed by atoms with E-state index in [0.29, 0.717) is 18.4 Å². The van der Waals surface area contributed by atoms with Crippen molar-refractivity contribution in [1.29, 1.82) is 0 Å². The first-order valence-corrected chi connectivity index (χ1v) is 12.0. The molecule has 7 N–H and O–H groups in total. The van der Waals surface area contributed by atoms with Gasteiger partial charge in [0, 0.05) is 5.56 Å². The predicted molar refractivity (Wildman–Crippen MR) is 137 cm³/mol. The smallest absolute Gasteiger partial charge is 0.243 e. The molecule has 2 aromatic rings. The van der Waals surface area contributed by atoms with Gasteiger partial charge in [0.2, 0.25) is 17.7 Å². The van der Waals surface area contributed by atoms with Crippen LogP contribution in [0.3, 0.4) is 0 Å². The lowest BCUT2D eigenvalue weighted by atomic mass is 9.97. The SMILES string of the molecule is CC(C)C[C@H](NC(=O)[C@H](CC(C)C)NC(=O)[C@@H](N)Cc1ccc(O)c(-c2ccccc2)c1)C(N)=O. The third kappa shape index (κ3) is 8.72. The first-order valence-electron chi connectivity index (χ1n) is 12.0. The van der Waals surface area contributed by atoms with Gasteiger partial charge in [-0.2, -0.15) is 0 Å². The summed E-state index contributed by atoms with van der Waals surface area (Å²) in [7, 11) is 0. The predicted octanol–water partition coefficient (Wildman–Crippen LogP) is 2.48. The lowest BCUT2D eigenvalue weighted by Crippen LogP contribution is -2.56. The summed E-state index contributed by atoms with van der Waals surface area (Å²) < 4.78 is 0. The highest BCUT2D eigenvalue weighted by molar-refractivity contribution is 5.92. The second-order valence-corrected chi connectivity index (χ2v) is 9.81. The van der Waals surface area contributed by atoms with Crippen molar-refractivity contribution in [2.45, 2.75) is 65.1 Å². The number of aromatic hydroxyl groups is 1. The molecule has 8 nitrogen and oxygen atoms in total. The van der Waals surface area contributed by atoms with E-state index in [1.165, 1.54) is 0 Å². The number of benzene rings is 2. The van der Waals surface area contributed by atoms with Crippen molar-refractivity contribution in [2.24, 2.45) is 23.3 Å². The number of phenols is 1. The Balaban J connectivity index is 2.11. The van der Waals surface area contributed by atoms with Gasteiger partial charge in [-0.3, -0.25) is 14.4 Å². The molecule has 0 aliphatic rings. The fraction of sp³-hybridized carbons (Fsp3) is 0.444. The van der Waals surface area contributed by atoms with Crippen LogP contribution < -0.4 is 22.1 Å². The molecular formula is C27H38N4O4. The molecule has 35 heavy (non-hydrogen) atoms. The molecule has 3 amide bonds. The molecule has 0 fully saturated rings. The fourth-order valence-electron chi connectivity index (χ4n) is 3.88. The summed E-state index contributed by atoms with van der Waals surface area (Å²) in [6, 6.07) is 12.0. The number of nitrogens with two attached hydrogens (primary N) is 2. The molecule has 0 aliphatic heterocycles. The third-order valence-electron chi connectivity index (χ3n) is 5.65. The normalized spacial score (nSPS) is 13.8. The van der Waals surface area contributed by atoms with Gasteiger partial charge in [0.1, 0.15) is 17.8 Å². The van der Waals surface area contributed by atoms with Gasteiger partial charge in [0.15, 0.2) is 0 Å². The van der Waals surface area contributed by atoms with E-state index < -0.39 is 35.8 Å². The Morgan fingerprint density at radius 3 is 2.00 bits per heavy atom. The average Bonchev–Trinajstić information content (AvgIpc) is 2.79. The topological polar surface area (TPSA) is 148 Å². The molecule has 0 heterocycles. The number of carbonyl (C=O) groups is 3. The third-order valence-corrected chi connectivity index (χ3v) is 5.65. The van der Waals surface area contributed by atoms with Gasteiger partial charge >= 0.3 is 0 Å². The van der Waals surface area contributed by atoms with Gasteiger partial charge in [0.25, 0.3) is 0 Å². The number of rotatable bonds is 12. The van der Waals surface area contributed by atoms with Crippen molar-refractivity contribution in [3.8, 4) is 16.9 Å². The van der Waals surface area contributed by atoms with Crippen LogP contribution in [0.15, 0.2) is 48.5 Å². The zero-order valence-electron chi connectivity index (χ0n) is 21.0. The van der Waals surface area contributed by atoms with E-state index in [4.69, 9.17) is 11.5 Å². The Morgan fingerprint density at radius 2 is 1.43 bits per heavy atom. The minimum atomic E-state index is -0.909. The Labute approximate surface area is 207 Å². The van der Waals surface area contributed by atoms with Crippen molar-refractivity contribution in [2.75, 3.05) is 0 Å². The molecule has 8 heteroatoms. The lowest BCUT2D eigenvalue weighted by Gasteiger charge is -2.25. The van der Waals surface area contributed by atoms with Crippen LogP contribution in [0.5, 0.6) is 5.75 Å². The van der Waals surface area contributed by atoms with E-state index >= 15 is 0 Å². The van der Waals surface area contributed by atoms with Crippen LogP contribution in [0, 0.1) is 11.8 Å². The zero-order chi connectivity index (χ0) is 26.1. The maximum atomic E-state index is 12.9. The molecule has 0 saturated heterocycles. The lowest BCUT2D eigenvalue weighted by molar-refractivity contribution is -0.132. The summed E-state index contributed by atoms with van der Waals surface area (Å²) in [5, 5.41) is 15.7. The van der Waals surface area contributed by atoms with Crippen molar-refractivity contribution < 1.29 is 19.5 Å². The number of phenolic OH excluding ortho intramolecular Hbond substituents is 1. The highest BCUT2D eigenvalue weighted by Gasteiger charge is 2.28. The second kappa shape index (κ2) is 12.9. The maximum absolute atomic E-state index is 12.9. The number of nitrogens with one attached hydrogen (secondary N) is 2. The number of hydrogen-bond acceptors (Lipinski definition) is 5. The Hall–Kier alpha value is -3.39. The van der Waals surface area contributed by atoms with E-state index in [9.17, 15) is 19.5 Å². The first kappa shape index (κ1) is 27.9. The van der Waals surface area contributed by atoms with Crippen LogP contribution >= 0.6 is 0 Å². The van der Waals surface area contributed by atoms with Gasteiger partial charge in [-0.15, -0.1) is 0 Å². The summed E-state index contributed by atoms with van der Waals surface area (Å²) in [4.78, 5) is 37.6. The molecule has 2 aromatic carbocycles. The Morgan fingerprint density at radius 1 is 0.857 bits per heavy atom. The quantitative estimate of drug-likeness (QED) is 0.315. The van der Waals surface area contributed by atoms with Crippen LogP contribution in [0.1, 0.15) is 46.1 Å².